The first-order valence-corrected chi connectivity index (χ1v) is 11.7. The number of aromatic nitrogens is 2. The van der Waals surface area contributed by atoms with Crippen LogP contribution >= 0.6 is 15.9 Å². The molecule has 5 rings (SSSR count). The summed E-state index contributed by atoms with van der Waals surface area (Å²) in [5.74, 6) is 0.634. The van der Waals surface area contributed by atoms with Crippen molar-refractivity contribution in [1.29, 1.82) is 0 Å². The molecule has 0 bridgehead atoms. The number of hydrogen-bond donors (Lipinski definition) is 2. The van der Waals surface area contributed by atoms with E-state index in [-0.39, 0.29) is 18.1 Å². The molecule has 7 heteroatoms. The van der Waals surface area contributed by atoms with Gasteiger partial charge < -0.3 is 15.0 Å². The van der Waals surface area contributed by atoms with Gasteiger partial charge in [0, 0.05) is 23.4 Å². The van der Waals surface area contributed by atoms with Crippen LogP contribution in [0.4, 0.5) is 4.79 Å². The number of aromatic amines is 1. The van der Waals surface area contributed by atoms with E-state index in [1.165, 1.54) is 22.3 Å². The standard InChI is InChI=1S/C26H22BrN3O3/c27-16-11-12-21-23(14-16)29-24(30-25(21)31)10-5-13-28-26(32)33-15-22-19-8-3-1-6-17(19)18-7-2-4-9-20(18)22/h1-4,6-9,11-12,14,22H,5,10,13,15H2,(H,28,32)(H,29,30,31). The smallest absolute Gasteiger partial charge is 0.407 e. The number of fused-ring (bicyclic) bond motifs is 4. The first kappa shape index (κ1) is 21.4. The lowest BCUT2D eigenvalue weighted by Gasteiger charge is -2.14. The van der Waals surface area contributed by atoms with Crippen LogP contribution in [-0.2, 0) is 11.2 Å². The highest BCUT2D eigenvalue weighted by atomic mass is 79.9. The van der Waals surface area contributed by atoms with E-state index in [4.69, 9.17) is 4.74 Å². The first-order valence-electron chi connectivity index (χ1n) is 10.9. The Balaban J connectivity index is 1.15. The molecule has 0 saturated carbocycles. The largest absolute Gasteiger partial charge is 0.449 e. The molecule has 1 heterocycles. The molecule has 0 radical (unpaired) electrons. The average molecular weight is 504 g/mol. The maximum atomic E-state index is 12.3. The Morgan fingerprint density at radius 1 is 1.03 bits per heavy atom. The minimum absolute atomic E-state index is 0.0364. The number of ether oxygens (including phenoxy) is 1. The highest BCUT2D eigenvalue weighted by Crippen LogP contribution is 2.44. The van der Waals surface area contributed by atoms with Crippen molar-refractivity contribution in [1.82, 2.24) is 15.3 Å². The lowest BCUT2D eigenvalue weighted by Crippen LogP contribution is -2.27. The van der Waals surface area contributed by atoms with Crippen molar-refractivity contribution in [2.75, 3.05) is 13.2 Å². The van der Waals surface area contributed by atoms with Crippen LogP contribution in [0.3, 0.4) is 0 Å². The fourth-order valence-electron chi connectivity index (χ4n) is 4.38. The number of benzene rings is 3. The summed E-state index contributed by atoms with van der Waals surface area (Å²) >= 11 is 3.40. The molecule has 1 aliphatic carbocycles. The number of H-pyrrole nitrogens is 1. The van der Waals surface area contributed by atoms with E-state index >= 15 is 0 Å². The van der Waals surface area contributed by atoms with Gasteiger partial charge in [0.25, 0.3) is 5.56 Å². The van der Waals surface area contributed by atoms with E-state index < -0.39 is 6.09 Å². The maximum Gasteiger partial charge on any atom is 0.407 e. The van der Waals surface area contributed by atoms with Gasteiger partial charge in [0.15, 0.2) is 0 Å². The first-order chi connectivity index (χ1) is 16.1. The molecule has 1 amide bonds. The number of alkyl carbamates (subject to hydrolysis) is 1. The number of rotatable bonds is 6. The Morgan fingerprint density at radius 2 is 1.73 bits per heavy atom. The van der Waals surface area contributed by atoms with Crippen molar-refractivity contribution in [3.05, 3.63) is 98.5 Å². The van der Waals surface area contributed by atoms with Gasteiger partial charge in [-0.3, -0.25) is 4.79 Å². The van der Waals surface area contributed by atoms with Crippen molar-refractivity contribution in [3.63, 3.8) is 0 Å². The predicted molar refractivity (Wildman–Crippen MR) is 131 cm³/mol. The van der Waals surface area contributed by atoms with Crippen LogP contribution in [0, 0.1) is 0 Å². The summed E-state index contributed by atoms with van der Waals surface area (Å²) in [6.45, 7) is 0.713. The van der Waals surface area contributed by atoms with Gasteiger partial charge in [-0.1, -0.05) is 64.5 Å². The SMILES string of the molecule is O=C(NCCCc1nc2cc(Br)ccc2c(=O)[nH]1)OCC1c2ccccc2-c2ccccc21. The Labute approximate surface area is 199 Å². The van der Waals surface area contributed by atoms with Crippen LogP contribution in [-0.4, -0.2) is 29.2 Å². The molecule has 0 saturated heterocycles. The lowest BCUT2D eigenvalue weighted by molar-refractivity contribution is 0.143. The molecule has 0 spiro atoms. The van der Waals surface area contributed by atoms with Crippen molar-refractivity contribution in [2.24, 2.45) is 0 Å². The number of amides is 1. The van der Waals surface area contributed by atoms with Crippen LogP contribution in [0.15, 0.2) is 76.0 Å². The summed E-state index contributed by atoms with van der Waals surface area (Å²) < 4.78 is 6.42. The molecule has 4 aromatic rings. The number of carbonyl (C=O) groups is 1. The summed E-state index contributed by atoms with van der Waals surface area (Å²) in [4.78, 5) is 31.9. The lowest BCUT2D eigenvalue weighted by atomic mass is 9.98. The van der Waals surface area contributed by atoms with Crippen molar-refractivity contribution < 1.29 is 9.53 Å². The van der Waals surface area contributed by atoms with Crippen molar-refractivity contribution in [2.45, 2.75) is 18.8 Å². The fraction of sp³-hybridized carbons (Fsp3) is 0.192. The molecule has 0 unspecified atom stereocenters. The highest BCUT2D eigenvalue weighted by Gasteiger charge is 2.28. The van der Waals surface area contributed by atoms with Crippen molar-refractivity contribution >= 4 is 32.9 Å². The summed E-state index contributed by atoms with van der Waals surface area (Å²) in [5, 5.41) is 3.35. The monoisotopic (exact) mass is 503 g/mol. The zero-order chi connectivity index (χ0) is 22.8. The predicted octanol–water partition coefficient (Wildman–Crippen LogP) is 5.16. The Kier molecular flexibility index (Phi) is 5.96. The molecule has 3 aromatic carbocycles. The average Bonchev–Trinajstić information content (AvgIpc) is 3.14. The number of nitrogens with zero attached hydrogens (tertiary/aromatic N) is 1. The van der Waals surface area contributed by atoms with Crippen LogP contribution < -0.4 is 10.9 Å². The van der Waals surface area contributed by atoms with E-state index in [0.29, 0.717) is 36.1 Å². The molecule has 2 N–H and O–H groups in total. The number of nitrogens with one attached hydrogen (secondary N) is 2. The molecule has 33 heavy (non-hydrogen) atoms. The molecular weight excluding hydrogens is 482 g/mol. The minimum atomic E-state index is -0.444. The van der Waals surface area contributed by atoms with Crippen LogP contribution in [0.5, 0.6) is 0 Å². The summed E-state index contributed by atoms with van der Waals surface area (Å²) in [6.07, 6.45) is 0.731. The number of hydrogen-bond acceptors (Lipinski definition) is 4. The van der Waals surface area contributed by atoms with E-state index in [1.54, 1.807) is 6.07 Å². The number of aryl methyl sites for hydroxylation is 1. The Hall–Kier alpha value is -3.45. The van der Waals surface area contributed by atoms with Gasteiger partial charge in [-0.25, -0.2) is 9.78 Å². The molecule has 6 nitrogen and oxygen atoms in total. The zero-order valence-electron chi connectivity index (χ0n) is 17.8. The van der Waals surface area contributed by atoms with Gasteiger partial charge in [0.1, 0.15) is 12.4 Å². The highest BCUT2D eigenvalue weighted by molar-refractivity contribution is 9.10. The normalized spacial score (nSPS) is 12.4. The molecule has 1 aromatic heterocycles. The third-order valence-electron chi connectivity index (χ3n) is 5.92. The van der Waals surface area contributed by atoms with E-state index in [0.717, 1.165) is 4.47 Å². The third-order valence-corrected chi connectivity index (χ3v) is 6.41. The third kappa shape index (κ3) is 4.41. The van der Waals surface area contributed by atoms with Gasteiger partial charge in [-0.2, -0.15) is 0 Å². The molecule has 0 atom stereocenters. The maximum absolute atomic E-state index is 12.3. The quantitative estimate of drug-likeness (QED) is 0.356. The van der Waals surface area contributed by atoms with E-state index in [1.807, 2.05) is 36.4 Å². The molecular formula is C26H22BrN3O3. The molecule has 0 fully saturated rings. The van der Waals surface area contributed by atoms with Gasteiger partial charge in [0.05, 0.1) is 10.9 Å². The molecule has 0 aliphatic heterocycles. The van der Waals surface area contributed by atoms with Crippen molar-refractivity contribution in [3.8, 4) is 11.1 Å². The molecule has 166 valence electrons. The summed E-state index contributed by atoms with van der Waals surface area (Å²) in [5.41, 5.74) is 5.26. The topological polar surface area (TPSA) is 84.1 Å². The molecule has 1 aliphatic rings. The van der Waals surface area contributed by atoms with Gasteiger partial charge in [-0.05, 0) is 46.9 Å². The second kappa shape index (κ2) is 9.19. The van der Waals surface area contributed by atoms with Crippen LogP contribution in [0.25, 0.3) is 22.0 Å². The number of carbonyl (C=O) groups excluding carboxylic acids is 1. The van der Waals surface area contributed by atoms with Crippen LogP contribution in [0.1, 0.15) is 29.3 Å². The van der Waals surface area contributed by atoms with Gasteiger partial charge in [0.2, 0.25) is 0 Å². The van der Waals surface area contributed by atoms with Gasteiger partial charge >= 0.3 is 6.09 Å². The minimum Gasteiger partial charge on any atom is -0.449 e. The Morgan fingerprint density at radius 3 is 2.45 bits per heavy atom. The van der Waals surface area contributed by atoms with Gasteiger partial charge in [-0.15, -0.1) is 0 Å². The fourth-order valence-corrected chi connectivity index (χ4v) is 4.72. The van der Waals surface area contributed by atoms with E-state index in [2.05, 4.69) is 55.5 Å². The summed E-state index contributed by atoms with van der Waals surface area (Å²) in [7, 11) is 0. The second-order valence-corrected chi connectivity index (χ2v) is 8.95. The van der Waals surface area contributed by atoms with E-state index in [9.17, 15) is 9.59 Å². The second-order valence-electron chi connectivity index (χ2n) is 8.03. The Bertz CT molecular complexity index is 1350. The van der Waals surface area contributed by atoms with Crippen LogP contribution in [0.2, 0.25) is 0 Å². The zero-order valence-corrected chi connectivity index (χ0v) is 19.4. The summed E-state index contributed by atoms with van der Waals surface area (Å²) in [6, 6.07) is 21.9. The number of halogens is 1.